The molecule has 5 heavy (non-hydrogen) atoms. The summed E-state index contributed by atoms with van der Waals surface area (Å²) in [5.74, 6) is 0. The zero-order valence-electron chi connectivity index (χ0n) is 3.43. The van der Waals surface area contributed by atoms with Crippen LogP contribution >= 0.6 is 24.8 Å². The first kappa shape index (κ1) is 9.06. The minimum atomic E-state index is 0. The first-order valence-corrected chi connectivity index (χ1v) is 2.48. The van der Waals surface area contributed by atoms with Gasteiger partial charge in [-0.05, 0) is 0 Å². The molecular formula is C3H10S2. The largest absolute Gasteiger partial charge is 0.140 e. The third-order valence-electron chi connectivity index (χ3n) is 0. The molecule has 0 saturated carbocycles. The molecule has 0 nitrogen and oxygen atoms in total. The average molecular weight is 112 g/mol. The molecule has 0 unspecified atom stereocenters. The third kappa shape index (κ3) is 137. The highest BCUT2D eigenvalue weighted by atomic mass is 32.1. The van der Waals surface area contributed by atoms with Gasteiger partial charge in [-0.1, -0.05) is 26.1 Å². The van der Waals surface area contributed by atoms with Crippen molar-refractivity contribution in [3.63, 3.8) is 0 Å². The van der Waals surface area contributed by atoms with Crippen LogP contribution in [0, 0.1) is 0 Å². The van der Waals surface area contributed by atoms with Gasteiger partial charge in [-0.15, -0.1) is 12.6 Å². The highest BCUT2D eigenvalue weighted by Crippen LogP contribution is 1.50. The number of rotatable bonds is 0. The van der Waals surface area contributed by atoms with Crippen molar-refractivity contribution in [3.8, 4) is 0 Å². The Labute approximate surface area is 45.5 Å². The van der Waals surface area contributed by atoms with E-state index in [2.05, 4.69) is 24.8 Å². The molecule has 0 amide bonds. The molecule has 0 aliphatic rings. The van der Waals surface area contributed by atoms with Gasteiger partial charge in [0.2, 0.25) is 0 Å². The van der Waals surface area contributed by atoms with Gasteiger partial charge in [-0.3, -0.25) is 0 Å². The van der Waals surface area contributed by atoms with Crippen LogP contribution in [-0.4, -0.2) is 4.70 Å². The molecule has 0 atom stereocenters. The molecular weight excluding hydrogens is 100 g/mol. The Hall–Kier alpha value is 0.440. The van der Waals surface area contributed by atoms with Gasteiger partial charge < -0.3 is 0 Å². The zero-order valence-corrected chi connectivity index (χ0v) is 5.14. The summed E-state index contributed by atoms with van der Waals surface area (Å²) in [6.07, 6.45) is 0. The molecule has 0 N–H and O–H groups in total. The lowest BCUT2D eigenvalue weighted by atomic mass is 11.0. The van der Waals surface area contributed by atoms with Gasteiger partial charge >= 0.3 is 0 Å². The predicted molar refractivity (Wildman–Crippen MR) is 36.1 cm³/mol. The van der Waals surface area contributed by atoms with Gasteiger partial charge in [0.15, 0.2) is 0 Å². The average Bonchev–Trinajstić information content (AvgIpc) is 1.46. The maximum atomic E-state index is 4.13. The molecule has 0 saturated heterocycles. The second-order valence-corrected chi connectivity index (χ2v) is 0.949. The number of thiocarbonyl (C=S) groups is 1. The normalized spacial score (nSPS) is 3.80. The van der Waals surface area contributed by atoms with Crippen LogP contribution in [0.1, 0.15) is 15.3 Å². The summed E-state index contributed by atoms with van der Waals surface area (Å²) in [7, 11) is 0. The Kier molecular flexibility index (Phi) is 45.9. The fourth-order valence-corrected chi connectivity index (χ4v) is 0. The predicted octanol–water partition coefficient (Wildman–Crippen LogP) is 2.15. The van der Waals surface area contributed by atoms with E-state index < -0.39 is 0 Å². The molecule has 0 spiro atoms. The molecule has 0 aromatic carbocycles. The third-order valence-corrected chi connectivity index (χ3v) is 0. The summed E-state index contributed by atoms with van der Waals surface area (Å²) in [4.78, 5) is 0. The molecule has 2 heteroatoms. The monoisotopic (exact) mass is 112 g/mol. The van der Waals surface area contributed by atoms with Crippen LogP contribution in [-0.2, 0) is 0 Å². The van der Waals surface area contributed by atoms with E-state index in [-0.39, 0.29) is 1.43 Å². The summed E-state index contributed by atoms with van der Waals surface area (Å²) in [5, 5.41) is 0. The number of hydrogen-bond acceptors (Lipinski definition) is 1. The quantitative estimate of drug-likeness (QED) is 0.370. The van der Waals surface area contributed by atoms with E-state index in [1.54, 1.807) is 0 Å². The summed E-state index contributed by atoms with van der Waals surface area (Å²) < 4.78 is 1.28. The van der Waals surface area contributed by atoms with Crippen molar-refractivity contribution >= 4 is 29.5 Å². The molecule has 34 valence electrons. The van der Waals surface area contributed by atoms with E-state index in [0.29, 0.717) is 0 Å². The molecule has 0 aromatic heterocycles. The smallest absolute Gasteiger partial charge is 0.0310 e. The molecule has 0 aliphatic carbocycles. The lowest BCUT2D eigenvalue weighted by molar-refractivity contribution is 1.50. The van der Waals surface area contributed by atoms with Crippen LogP contribution in [0.3, 0.4) is 0 Å². The standard InChI is InChI=1S/C2H6.CH2S2.H2/c1-2;2-1-3;/h1-2H3;1H,(H,2,3);1H/i;;1+2. The van der Waals surface area contributed by atoms with Crippen LogP contribution in [0.25, 0.3) is 0 Å². The van der Waals surface area contributed by atoms with Crippen LogP contribution in [0.5, 0.6) is 0 Å². The maximum absolute atomic E-state index is 4.13. The number of thiol groups is 1. The summed E-state index contributed by atoms with van der Waals surface area (Å²) in [6.45, 7) is 4.00. The highest BCUT2D eigenvalue weighted by Gasteiger charge is 1.18. The van der Waals surface area contributed by atoms with E-state index in [1.165, 1.54) is 4.70 Å². The fraction of sp³-hybridized carbons (Fsp3) is 0.667. The van der Waals surface area contributed by atoms with E-state index in [9.17, 15) is 0 Å². The van der Waals surface area contributed by atoms with Crippen LogP contribution in [0.4, 0.5) is 0 Å². The summed E-state index contributed by atoms with van der Waals surface area (Å²) in [5.41, 5.74) is 0. The molecule has 0 aromatic rings. The number of hydrogen-bond donors (Lipinski definition) is 1. The maximum Gasteiger partial charge on any atom is 0.0310 e. The Morgan fingerprint density at radius 2 is 1.80 bits per heavy atom. The van der Waals surface area contributed by atoms with E-state index in [0.717, 1.165) is 0 Å². The van der Waals surface area contributed by atoms with E-state index in [1.807, 2.05) is 13.8 Å². The fourth-order valence-electron chi connectivity index (χ4n) is 0. The zero-order chi connectivity index (χ0) is 4.71. The molecule has 0 heterocycles. The van der Waals surface area contributed by atoms with Crippen LogP contribution in [0.2, 0.25) is 0 Å². The Bertz CT molecular complexity index is 16.3. The first-order chi connectivity index (χ1) is 2.41. The Morgan fingerprint density at radius 3 is 1.80 bits per heavy atom. The van der Waals surface area contributed by atoms with E-state index >= 15 is 0 Å². The Balaban J connectivity index is -0.0000000275. The topological polar surface area (TPSA) is 0 Å². The highest BCUT2D eigenvalue weighted by molar-refractivity contribution is 8.08. The SMILES string of the molecule is CC.S=CS.[3HH]. The van der Waals surface area contributed by atoms with Gasteiger partial charge in [0.1, 0.15) is 0 Å². The summed E-state index contributed by atoms with van der Waals surface area (Å²) in [6, 6.07) is 0. The second-order valence-electron chi connectivity index (χ2n) is 0.105. The van der Waals surface area contributed by atoms with Gasteiger partial charge in [-0.25, -0.2) is 0 Å². The molecule has 0 fully saturated rings. The van der Waals surface area contributed by atoms with Crippen molar-refractivity contribution in [2.75, 3.05) is 0 Å². The van der Waals surface area contributed by atoms with Gasteiger partial charge in [0, 0.05) is 6.13 Å². The molecule has 0 bridgehead atoms. The van der Waals surface area contributed by atoms with Crippen molar-refractivity contribution in [1.29, 1.82) is 0 Å². The minimum Gasteiger partial charge on any atom is -0.140 e. The van der Waals surface area contributed by atoms with Crippen molar-refractivity contribution in [2.24, 2.45) is 0 Å². The van der Waals surface area contributed by atoms with Crippen LogP contribution < -0.4 is 0 Å². The van der Waals surface area contributed by atoms with Gasteiger partial charge in [0.25, 0.3) is 0 Å². The van der Waals surface area contributed by atoms with E-state index in [4.69, 9.17) is 0 Å². The van der Waals surface area contributed by atoms with Crippen LogP contribution in [0.15, 0.2) is 0 Å². The van der Waals surface area contributed by atoms with Crippen molar-refractivity contribution in [1.82, 2.24) is 0 Å². The molecule has 0 aliphatic heterocycles. The van der Waals surface area contributed by atoms with Crippen molar-refractivity contribution in [2.45, 2.75) is 13.8 Å². The van der Waals surface area contributed by atoms with Crippen molar-refractivity contribution < 1.29 is 1.43 Å². The summed E-state index contributed by atoms with van der Waals surface area (Å²) >= 11 is 7.61. The van der Waals surface area contributed by atoms with Gasteiger partial charge in [0.05, 0.1) is 0 Å². The minimum absolute atomic E-state index is 0. The lowest BCUT2D eigenvalue weighted by Gasteiger charge is -1.27. The first-order valence-electron chi connectivity index (χ1n) is 1.49. The lowest BCUT2D eigenvalue weighted by Crippen LogP contribution is -1.12. The second kappa shape index (κ2) is 25.3. The van der Waals surface area contributed by atoms with Gasteiger partial charge in [-0.2, -0.15) is 0 Å². The Morgan fingerprint density at radius 1 is 1.80 bits per heavy atom. The molecule has 0 radical (unpaired) electrons. The van der Waals surface area contributed by atoms with Crippen molar-refractivity contribution in [3.05, 3.63) is 0 Å². The molecule has 0 rings (SSSR count).